The van der Waals surface area contributed by atoms with E-state index in [9.17, 15) is 9.90 Å². The van der Waals surface area contributed by atoms with Crippen LogP contribution < -0.4 is 5.32 Å². The van der Waals surface area contributed by atoms with E-state index in [1.807, 2.05) is 0 Å². The van der Waals surface area contributed by atoms with E-state index >= 15 is 0 Å². The van der Waals surface area contributed by atoms with Crippen molar-refractivity contribution in [2.24, 2.45) is 0 Å². The van der Waals surface area contributed by atoms with Crippen molar-refractivity contribution in [3.63, 3.8) is 0 Å². The number of furan rings is 1. The van der Waals surface area contributed by atoms with Crippen LogP contribution in [0.1, 0.15) is 5.76 Å². The molecule has 1 amide bonds. The minimum atomic E-state index is -0.340. The highest BCUT2D eigenvalue weighted by atomic mass is 35.5. The van der Waals surface area contributed by atoms with Gasteiger partial charge in [-0.2, -0.15) is 0 Å². The van der Waals surface area contributed by atoms with Crippen molar-refractivity contribution in [2.75, 3.05) is 5.32 Å². The van der Waals surface area contributed by atoms with Gasteiger partial charge in [0.15, 0.2) is 5.58 Å². The molecule has 2 N–H and O–H groups in total. The highest BCUT2D eigenvalue weighted by Crippen LogP contribution is 2.33. The Kier molecular flexibility index (Phi) is 4.40. The second-order valence-corrected chi connectivity index (χ2v) is 6.14. The predicted molar refractivity (Wildman–Crippen MR) is 102 cm³/mol. The van der Waals surface area contributed by atoms with E-state index in [1.54, 1.807) is 48.5 Å². The number of hydrogen-bond acceptors (Lipinski definition) is 5. The first-order chi connectivity index (χ1) is 13.1. The lowest BCUT2D eigenvalue weighted by Crippen LogP contribution is -2.07. The number of amides is 1. The molecule has 2 aromatic heterocycles. The Labute approximate surface area is 158 Å². The second-order valence-electron chi connectivity index (χ2n) is 5.70. The minimum Gasteiger partial charge on any atom is -0.507 e. The van der Waals surface area contributed by atoms with Crippen molar-refractivity contribution in [1.29, 1.82) is 0 Å². The molecule has 6 nitrogen and oxygen atoms in total. The number of oxazole rings is 1. The van der Waals surface area contributed by atoms with Gasteiger partial charge < -0.3 is 19.3 Å². The fourth-order valence-electron chi connectivity index (χ4n) is 2.53. The average Bonchev–Trinajstić information content (AvgIpc) is 3.30. The summed E-state index contributed by atoms with van der Waals surface area (Å²) in [5.74, 6) is 0.442. The van der Waals surface area contributed by atoms with Gasteiger partial charge in [-0.3, -0.25) is 4.79 Å². The van der Waals surface area contributed by atoms with Gasteiger partial charge in [-0.15, -0.1) is 0 Å². The van der Waals surface area contributed by atoms with E-state index in [0.29, 0.717) is 33.1 Å². The first-order valence-corrected chi connectivity index (χ1v) is 8.38. The quantitative estimate of drug-likeness (QED) is 0.380. The molecule has 0 saturated carbocycles. The summed E-state index contributed by atoms with van der Waals surface area (Å²) in [6.07, 6.45) is 4.44. The Morgan fingerprint density at radius 1 is 1.19 bits per heavy atom. The number of halogens is 1. The summed E-state index contributed by atoms with van der Waals surface area (Å²) < 4.78 is 10.8. The van der Waals surface area contributed by atoms with Crippen LogP contribution in [0.15, 0.2) is 69.7 Å². The Hall–Kier alpha value is -3.51. The fourth-order valence-corrected chi connectivity index (χ4v) is 2.70. The van der Waals surface area contributed by atoms with Crippen LogP contribution in [0.25, 0.3) is 28.6 Å². The third-order valence-electron chi connectivity index (χ3n) is 3.79. The standard InChI is InChI=1S/C20H13ClN2O4/c21-12-3-7-18-16(10-12)23-20(27-18)15-11-13(4-6-17(15)24)22-19(25)8-5-14-2-1-9-26-14/h1-11,24H,(H,22,25)/b8-5+. The zero-order valence-electron chi connectivity index (χ0n) is 13.8. The van der Waals surface area contributed by atoms with E-state index in [0.717, 1.165) is 0 Å². The Morgan fingerprint density at radius 2 is 2.07 bits per heavy atom. The lowest BCUT2D eigenvalue weighted by molar-refractivity contribution is -0.111. The maximum Gasteiger partial charge on any atom is 0.248 e. The molecule has 4 aromatic rings. The fraction of sp³-hybridized carbons (Fsp3) is 0. The second kappa shape index (κ2) is 7.01. The van der Waals surface area contributed by atoms with Gasteiger partial charge in [-0.05, 0) is 54.6 Å². The maximum atomic E-state index is 12.1. The van der Waals surface area contributed by atoms with Crippen LogP contribution in [0.2, 0.25) is 5.02 Å². The van der Waals surface area contributed by atoms with Crippen LogP contribution in [-0.4, -0.2) is 16.0 Å². The molecule has 7 heteroatoms. The Morgan fingerprint density at radius 3 is 2.89 bits per heavy atom. The van der Waals surface area contributed by atoms with Gasteiger partial charge in [-0.25, -0.2) is 4.98 Å². The number of aromatic nitrogens is 1. The van der Waals surface area contributed by atoms with Gasteiger partial charge in [0, 0.05) is 16.8 Å². The number of carbonyl (C=O) groups is 1. The van der Waals surface area contributed by atoms with Crippen LogP contribution in [0, 0.1) is 0 Å². The Bertz CT molecular complexity index is 1150. The number of carbonyl (C=O) groups excluding carboxylic acids is 1. The van der Waals surface area contributed by atoms with Gasteiger partial charge >= 0.3 is 0 Å². The number of rotatable bonds is 4. The summed E-state index contributed by atoms with van der Waals surface area (Å²) in [6.45, 7) is 0. The molecule has 0 aliphatic carbocycles. The van der Waals surface area contributed by atoms with Crippen LogP contribution in [0.4, 0.5) is 5.69 Å². The lowest BCUT2D eigenvalue weighted by Gasteiger charge is -2.05. The van der Waals surface area contributed by atoms with Crippen LogP contribution in [0.3, 0.4) is 0 Å². The van der Waals surface area contributed by atoms with E-state index in [-0.39, 0.29) is 17.5 Å². The molecule has 0 bridgehead atoms. The van der Waals surface area contributed by atoms with E-state index in [1.165, 1.54) is 18.4 Å². The Balaban J connectivity index is 1.59. The number of nitrogens with zero attached hydrogens (tertiary/aromatic N) is 1. The van der Waals surface area contributed by atoms with E-state index < -0.39 is 0 Å². The van der Waals surface area contributed by atoms with Gasteiger partial charge in [0.05, 0.1) is 11.8 Å². The highest BCUT2D eigenvalue weighted by molar-refractivity contribution is 6.31. The van der Waals surface area contributed by atoms with Gasteiger partial charge in [0.1, 0.15) is 17.0 Å². The molecule has 0 fully saturated rings. The van der Waals surface area contributed by atoms with Crippen molar-refractivity contribution >= 4 is 40.4 Å². The van der Waals surface area contributed by atoms with Crippen molar-refractivity contribution in [1.82, 2.24) is 4.98 Å². The first-order valence-electron chi connectivity index (χ1n) is 8.00. The normalized spacial score (nSPS) is 11.3. The number of fused-ring (bicyclic) bond motifs is 1. The lowest BCUT2D eigenvalue weighted by atomic mass is 10.1. The smallest absolute Gasteiger partial charge is 0.248 e. The SMILES string of the molecule is O=C(/C=C/c1ccco1)Nc1ccc(O)c(-c2nc3cc(Cl)ccc3o2)c1. The number of phenolic OH excluding ortho intramolecular Hbond substituents is 1. The van der Waals surface area contributed by atoms with E-state index in [4.69, 9.17) is 20.4 Å². The van der Waals surface area contributed by atoms with Gasteiger partial charge in [0.2, 0.25) is 11.8 Å². The molecule has 4 rings (SSSR count). The van der Waals surface area contributed by atoms with Crippen molar-refractivity contribution < 1.29 is 18.7 Å². The zero-order chi connectivity index (χ0) is 18.8. The zero-order valence-corrected chi connectivity index (χ0v) is 14.6. The van der Waals surface area contributed by atoms with Crippen molar-refractivity contribution in [3.05, 3.63) is 71.7 Å². The molecule has 0 atom stereocenters. The minimum absolute atomic E-state index is 0.0169. The van der Waals surface area contributed by atoms with Crippen LogP contribution >= 0.6 is 11.6 Å². The number of phenols is 1. The summed E-state index contributed by atoms with van der Waals surface area (Å²) in [7, 11) is 0. The summed E-state index contributed by atoms with van der Waals surface area (Å²) in [5.41, 5.74) is 1.96. The van der Waals surface area contributed by atoms with Crippen LogP contribution in [0.5, 0.6) is 5.75 Å². The highest BCUT2D eigenvalue weighted by Gasteiger charge is 2.14. The maximum absolute atomic E-state index is 12.1. The molecule has 0 spiro atoms. The number of hydrogen-bond donors (Lipinski definition) is 2. The number of anilines is 1. The molecular weight excluding hydrogens is 368 g/mol. The molecular formula is C20H13ClN2O4. The topological polar surface area (TPSA) is 88.5 Å². The molecule has 0 saturated heterocycles. The summed E-state index contributed by atoms with van der Waals surface area (Å²) in [6, 6.07) is 13.2. The average molecular weight is 381 g/mol. The molecule has 2 heterocycles. The predicted octanol–water partition coefficient (Wildman–Crippen LogP) is 5.10. The molecule has 0 aliphatic heterocycles. The largest absolute Gasteiger partial charge is 0.507 e. The molecule has 0 radical (unpaired) electrons. The summed E-state index contributed by atoms with van der Waals surface area (Å²) in [4.78, 5) is 16.4. The van der Waals surface area contributed by atoms with Crippen LogP contribution in [-0.2, 0) is 4.79 Å². The first kappa shape index (κ1) is 16.9. The van der Waals surface area contributed by atoms with Crippen molar-refractivity contribution in [3.8, 4) is 17.2 Å². The van der Waals surface area contributed by atoms with Gasteiger partial charge in [-0.1, -0.05) is 11.6 Å². The monoisotopic (exact) mass is 380 g/mol. The molecule has 0 aliphatic rings. The summed E-state index contributed by atoms with van der Waals surface area (Å²) >= 11 is 5.96. The van der Waals surface area contributed by atoms with E-state index in [2.05, 4.69) is 10.3 Å². The summed E-state index contributed by atoms with van der Waals surface area (Å²) in [5, 5.41) is 13.4. The third-order valence-corrected chi connectivity index (χ3v) is 4.02. The molecule has 134 valence electrons. The molecule has 27 heavy (non-hydrogen) atoms. The molecule has 2 aromatic carbocycles. The third kappa shape index (κ3) is 3.70. The number of benzene rings is 2. The molecule has 0 unspecified atom stereocenters. The van der Waals surface area contributed by atoms with Crippen molar-refractivity contribution in [2.45, 2.75) is 0 Å². The number of nitrogens with one attached hydrogen (secondary N) is 1. The van der Waals surface area contributed by atoms with Gasteiger partial charge in [0.25, 0.3) is 0 Å². The number of aromatic hydroxyl groups is 1.